The van der Waals surface area contributed by atoms with Crippen molar-refractivity contribution in [3.05, 3.63) is 34.9 Å². The van der Waals surface area contributed by atoms with Gasteiger partial charge in [-0.25, -0.2) is 0 Å². The Balaban J connectivity index is 2.73. The monoisotopic (exact) mass is 258 g/mol. The summed E-state index contributed by atoms with van der Waals surface area (Å²) in [6, 6.07) is 7.11. The molecule has 0 amide bonds. The molecular weight excluding hydrogens is 244 g/mol. The average molecular weight is 259 g/mol. The number of thioether (sulfide) groups is 1. The number of hydrogen-bond donors (Lipinski definition) is 1. The Kier molecular flexibility index (Phi) is 5.71. The van der Waals surface area contributed by atoms with E-state index in [9.17, 15) is 4.79 Å². The Hall–Kier alpha value is -0.670. The lowest BCUT2D eigenvalue weighted by Gasteiger charge is -2.12. The molecule has 0 saturated carbocycles. The van der Waals surface area contributed by atoms with Gasteiger partial charge in [-0.1, -0.05) is 23.7 Å². The first-order valence-corrected chi connectivity index (χ1v) is 6.89. The third-order valence-corrected chi connectivity index (χ3v) is 3.32. The molecule has 1 N–H and O–H groups in total. The maximum absolute atomic E-state index is 11.2. The highest BCUT2D eigenvalue weighted by Crippen LogP contribution is 2.24. The molecule has 16 heavy (non-hydrogen) atoms. The zero-order valence-electron chi connectivity index (χ0n) is 9.15. The van der Waals surface area contributed by atoms with Gasteiger partial charge in [0.25, 0.3) is 0 Å². The number of rotatable bonds is 6. The zero-order chi connectivity index (χ0) is 12.0. The van der Waals surface area contributed by atoms with Crippen molar-refractivity contribution in [3.63, 3.8) is 0 Å². The Labute approximate surface area is 105 Å². The summed E-state index contributed by atoms with van der Waals surface area (Å²) in [5.74, 6) is -0.223. The van der Waals surface area contributed by atoms with Crippen LogP contribution in [0.15, 0.2) is 24.3 Å². The average Bonchev–Trinajstić information content (AvgIpc) is 2.24. The van der Waals surface area contributed by atoms with Crippen LogP contribution < -0.4 is 0 Å². The second-order valence-electron chi connectivity index (χ2n) is 3.58. The summed E-state index contributed by atoms with van der Waals surface area (Å²) in [4.78, 5) is 11.2. The van der Waals surface area contributed by atoms with Crippen LogP contribution in [-0.2, 0) is 4.79 Å². The second-order valence-corrected chi connectivity index (χ2v) is 5.00. The lowest BCUT2D eigenvalue weighted by Crippen LogP contribution is -2.11. The Morgan fingerprint density at radius 1 is 1.56 bits per heavy atom. The molecule has 2 nitrogen and oxygen atoms in total. The van der Waals surface area contributed by atoms with Crippen LogP contribution in [0.5, 0.6) is 0 Å². The molecule has 0 spiro atoms. The van der Waals surface area contributed by atoms with Crippen LogP contribution >= 0.6 is 23.4 Å². The number of carbonyl (C=O) groups is 1. The van der Waals surface area contributed by atoms with Gasteiger partial charge in [-0.15, -0.1) is 0 Å². The van der Waals surface area contributed by atoms with E-state index in [1.165, 1.54) is 0 Å². The van der Waals surface area contributed by atoms with Crippen molar-refractivity contribution in [2.45, 2.75) is 18.8 Å². The smallest absolute Gasteiger partial charge is 0.310 e. The number of carboxylic acids is 1. The maximum atomic E-state index is 11.2. The number of benzene rings is 1. The van der Waals surface area contributed by atoms with Crippen molar-refractivity contribution >= 4 is 29.3 Å². The summed E-state index contributed by atoms with van der Waals surface area (Å²) in [7, 11) is 0. The topological polar surface area (TPSA) is 37.3 Å². The van der Waals surface area contributed by atoms with Gasteiger partial charge in [0.15, 0.2) is 0 Å². The minimum atomic E-state index is -0.775. The minimum absolute atomic E-state index is 0.439. The summed E-state index contributed by atoms with van der Waals surface area (Å²) < 4.78 is 0. The molecule has 88 valence electrons. The summed E-state index contributed by atoms with van der Waals surface area (Å²) in [6.45, 7) is 0. The number of halogens is 1. The predicted octanol–water partition coefficient (Wildman–Crippen LogP) is 3.65. The van der Waals surface area contributed by atoms with E-state index in [2.05, 4.69) is 0 Å². The fraction of sp³-hybridized carbons (Fsp3) is 0.417. The van der Waals surface area contributed by atoms with Crippen LogP contribution in [0, 0.1) is 0 Å². The number of carboxylic acid groups (broad SMARTS) is 1. The quantitative estimate of drug-likeness (QED) is 0.792. The fourth-order valence-electron chi connectivity index (χ4n) is 1.59. The van der Waals surface area contributed by atoms with Gasteiger partial charge < -0.3 is 5.11 Å². The van der Waals surface area contributed by atoms with Crippen LogP contribution in [0.2, 0.25) is 5.02 Å². The Morgan fingerprint density at radius 3 is 2.88 bits per heavy atom. The molecule has 0 aliphatic carbocycles. The molecule has 1 rings (SSSR count). The van der Waals surface area contributed by atoms with E-state index in [0.29, 0.717) is 11.4 Å². The molecule has 0 aliphatic heterocycles. The summed E-state index contributed by atoms with van der Waals surface area (Å²) in [6.07, 6.45) is 3.59. The van der Waals surface area contributed by atoms with Crippen molar-refractivity contribution in [3.8, 4) is 0 Å². The predicted molar refractivity (Wildman–Crippen MR) is 69.4 cm³/mol. The van der Waals surface area contributed by atoms with Crippen molar-refractivity contribution in [1.82, 2.24) is 0 Å². The minimum Gasteiger partial charge on any atom is -0.481 e. The molecule has 0 radical (unpaired) electrons. The SMILES string of the molecule is CSCCCC(C(=O)O)c1cccc(Cl)c1. The van der Waals surface area contributed by atoms with E-state index < -0.39 is 11.9 Å². The summed E-state index contributed by atoms with van der Waals surface area (Å²) >= 11 is 7.59. The van der Waals surface area contributed by atoms with Gasteiger partial charge in [0, 0.05) is 5.02 Å². The van der Waals surface area contributed by atoms with Gasteiger partial charge in [0.1, 0.15) is 0 Å². The third kappa shape index (κ3) is 4.06. The Bertz CT molecular complexity index is 355. The molecule has 0 fully saturated rings. The first kappa shape index (κ1) is 13.4. The van der Waals surface area contributed by atoms with E-state index in [0.717, 1.165) is 17.7 Å². The van der Waals surface area contributed by atoms with Crippen LogP contribution in [0.4, 0.5) is 0 Å². The zero-order valence-corrected chi connectivity index (χ0v) is 10.7. The highest BCUT2D eigenvalue weighted by Gasteiger charge is 2.19. The van der Waals surface area contributed by atoms with E-state index in [1.54, 1.807) is 30.0 Å². The van der Waals surface area contributed by atoms with Gasteiger partial charge in [-0.05, 0) is 42.5 Å². The van der Waals surface area contributed by atoms with Gasteiger partial charge in [0.2, 0.25) is 0 Å². The molecule has 1 atom stereocenters. The molecule has 1 unspecified atom stereocenters. The van der Waals surface area contributed by atoms with Gasteiger partial charge in [-0.3, -0.25) is 4.79 Å². The van der Waals surface area contributed by atoms with E-state index in [4.69, 9.17) is 16.7 Å². The van der Waals surface area contributed by atoms with E-state index >= 15 is 0 Å². The highest BCUT2D eigenvalue weighted by molar-refractivity contribution is 7.98. The van der Waals surface area contributed by atoms with Crippen molar-refractivity contribution in [2.75, 3.05) is 12.0 Å². The third-order valence-electron chi connectivity index (χ3n) is 2.39. The van der Waals surface area contributed by atoms with Gasteiger partial charge in [0.05, 0.1) is 5.92 Å². The van der Waals surface area contributed by atoms with Crippen molar-refractivity contribution in [1.29, 1.82) is 0 Å². The maximum Gasteiger partial charge on any atom is 0.310 e. The lowest BCUT2D eigenvalue weighted by molar-refractivity contribution is -0.139. The molecule has 0 aliphatic rings. The molecule has 4 heteroatoms. The van der Waals surface area contributed by atoms with Crippen LogP contribution in [0.25, 0.3) is 0 Å². The largest absolute Gasteiger partial charge is 0.481 e. The number of hydrogen-bond acceptors (Lipinski definition) is 2. The highest BCUT2D eigenvalue weighted by atomic mass is 35.5. The first-order chi connectivity index (χ1) is 7.65. The molecule has 0 saturated heterocycles. The standard InChI is InChI=1S/C12H15ClO2S/c1-16-7-3-6-11(12(14)15)9-4-2-5-10(13)8-9/h2,4-5,8,11H,3,6-7H2,1H3,(H,14,15). The van der Waals surface area contributed by atoms with Crippen LogP contribution in [0.3, 0.4) is 0 Å². The Morgan fingerprint density at radius 2 is 2.31 bits per heavy atom. The van der Waals surface area contributed by atoms with E-state index in [1.807, 2.05) is 12.3 Å². The molecule has 1 aromatic rings. The molecule has 1 aromatic carbocycles. The van der Waals surface area contributed by atoms with Crippen LogP contribution in [-0.4, -0.2) is 23.1 Å². The normalized spacial score (nSPS) is 12.4. The van der Waals surface area contributed by atoms with Crippen molar-refractivity contribution in [2.24, 2.45) is 0 Å². The summed E-state index contributed by atoms with van der Waals surface area (Å²) in [5, 5.41) is 9.76. The molecule has 0 heterocycles. The van der Waals surface area contributed by atoms with Crippen molar-refractivity contribution < 1.29 is 9.90 Å². The number of aliphatic carboxylic acids is 1. The fourth-order valence-corrected chi connectivity index (χ4v) is 2.24. The first-order valence-electron chi connectivity index (χ1n) is 5.12. The summed E-state index contributed by atoms with van der Waals surface area (Å²) in [5.41, 5.74) is 0.793. The second kappa shape index (κ2) is 6.81. The van der Waals surface area contributed by atoms with Crippen LogP contribution in [0.1, 0.15) is 24.3 Å². The van der Waals surface area contributed by atoms with Gasteiger partial charge in [-0.2, -0.15) is 11.8 Å². The molecule has 0 bridgehead atoms. The lowest BCUT2D eigenvalue weighted by atomic mass is 9.95. The van der Waals surface area contributed by atoms with E-state index in [-0.39, 0.29) is 0 Å². The molecular formula is C12H15ClO2S. The van der Waals surface area contributed by atoms with Gasteiger partial charge >= 0.3 is 5.97 Å². The molecule has 0 aromatic heterocycles.